The molecule has 0 spiro atoms. The van der Waals surface area contributed by atoms with Gasteiger partial charge in [0.05, 0.1) is 19.8 Å². The topological polar surface area (TPSA) is 71.5 Å². The van der Waals surface area contributed by atoms with Crippen LogP contribution in [0.25, 0.3) is 0 Å². The van der Waals surface area contributed by atoms with Gasteiger partial charge in [0.1, 0.15) is 29.5 Å². The van der Waals surface area contributed by atoms with Crippen molar-refractivity contribution in [3.05, 3.63) is 59.9 Å². The third-order valence-corrected chi connectivity index (χ3v) is 6.58. The second kappa shape index (κ2) is 13.0. The number of carbonyl (C=O) groups is 1. The van der Waals surface area contributed by atoms with Crippen molar-refractivity contribution in [2.24, 2.45) is 0 Å². The van der Waals surface area contributed by atoms with Gasteiger partial charge in [0, 0.05) is 39.1 Å². The summed E-state index contributed by atoms with van der Waals surface area (Å²) < 4.78 is 30.5. The monoisotopic (exact) mass is 500 g/mol. The van der Waals surface area contributed by atoms with Crippen LogP contribution in [0.2, 0.25) is 0 Å². The van der Waals surface area contributed by atoms with Gasteiger partial charge in [-0.3, -0.25) is 9.69 Å². The Bertz CT molecular complexity index is 973. The third-order valence-electron chi connectivity index (χ3n) is 6.58. The highest BCUT2D eigenvalue weighted by atomic mass is 19.1. The van der Waals surface area contributed by atoms with Gasteiger partial charge in [-0.1, -0.05) is 18.6 Å². The van der Waals surface area contributed by atoms with Crippen LogP contribution in [0.3, 0.4) is 0 Å². The number of carbonyl (C=O) groups excluding carboxylic acids is 1. The van der Waals surface area contributed by atoms with E-state index in [4.69, 9.17) is 14.2 Å². The number of benzene rings is 2. The second-order valence-corrected chi connectivity index (χ2v) is 9.77. The molecule has 1 atom stereocenters. The number of likely N-dealkylation sites (tertiary alicyclic amines) is 1. The Kier molecular flexibility index (Phi) is 9.55. The van der Waals surface area contributed by atoms with Crippen molar-refractivity contribution in [2.45, 2.75) is 44.2 Å². The highest BCUT2D eigenvalue weighted by Crippen LogP contribution is 2.21. The lowest BCUT2D eigenvalue weighted by Gasteiger charge is -2.30. The van der Waals surface area contributed by atoms with E-state index >= 15 is 0 Å². The maximum Gasteiger partial charge on any atom is 0.222 e. The minimum atomic E-state index is -1.18. The van der Waals surface area contributed by atoms with Crippen molar-refractivity contribution in [1.29, 1.82) is 0 Å². The number of amides is 1. The zero-order valence-corrected chi connectivity index (χ0v) is 20.9. The quantitative estimate of drug-likeness (QED) is 0.503. The fraction of sp³-hybridized carbons (Fsp3) is 0.536. The SMILES string of the molecule is O=C1CCCCCN1CCCOc1cccc(CN2CCOCC(O)(COc3ccc(F)cc3)C2)c1. The van der Waals surface area contributed by atoms with Crippen LogP contribution in [0.1, 0.15) is 37.7 Å². The molecule has 7 nitrogen and oxygen atoms in total. The third kappa shape index (κ3) is 8.18. The normalized spacial score (nSPS) is 21.6. The summed E-state index contributed by atoms with van der Waals surface area (Å²) in [6, 6.07) is 13.7. The van der Waals surface area contributed by atoms with Crippen LogP contribution >= 0.6 is 0 Å². The first-order chi connectivity index (χ1) is 17.5. The summed E-state index contributed by atoms with van der Waals surface area (Å²) in [4.78, 5) is 16.3. The van der Waals surface area contributed by atoms with Crippen molar-refractivity contribution in [3.63, 3.8) is 0 Å². The molecule has 2 aliphatic heterocycles. The summed E-state index contributed by atoms with van der Waals surface area (Å²) in [5.74, 6) is 1.24. The average Bonchev–Trinajstić information content (AvgIpc) is 3.19. The Morgan fingerprint density at radius 1 is 1.03 bits per heavy atom. The van der Waals surface area contributed by atoms with E-state index in [2.05, 4.69) is 4.90 Å². The minimum absolute atomic E-state index is 0.0534. The molecule has 2 aliphatic rings. The van der Waals surface area contributed by atoms with Gasteiger partial charge in [0.25, 0.3) is 0 Å². The lowest BCUT2D eigenvalue weighted by molar-refractivity contribution is -0.130. The maximum atomic E-state index is 13.1. The fourth-order valence-electron chi connectivity index (χ4n) is 4.68. The van der Waals surface area contributed by atoms with E-state index in [1.165, 1.54) is 12.1 Å². The molecule has 0 saturated carbocycles. The molecule has 4 rings (SSSR count). The number of β-amino-alcohol motifs (C(OH)–C–C–N with tert-alkyl or cyclic N) is 1. The summed E-state index contributed by atoms with van der Waals surface area (Å²) in [6.45, 7) is 4.62. The Morgan fingerprint density at radius 3 is 2.75 bits per heavy atom. The molecular formula is C28H37FN2O5. The van der Waals surface area contributed by atoms with Crippen LogP contribution in [0, 0.1) is 5.82 Å². The van der Waals surface area contributed by atoms with Crippen molar-refractivity contribution in [1.82, 2.24) is 9.80 Å². The molecule has 2 saturated heterocycles. The summed E-state index contributed by atoms with van der Waals surface area (Å²) in [7, 11) is 0. The van der Waals surface area contributed by atoms with E-state index in [0.29, 0.717) is 45.0 Å². The molecule has 0 bridgehead atoms. The van der Waals surface area contributed by atoms with Crippen molar-refractivity contribution in [2.75, 3.05) is 52.6 Å². The van der Waals surface area contributed by atoms with E-state index in [0.717, 1.165) is 50.1 Å². The van der Waals surface area contributed by atoms with E-state index in [-0.39, 0.29) is 24.9 Å². The molecule has 2 fully saturated rings. The van der Waals surface area contributed by atoms with Gasteiger partial charge in [-0.15, -0.1) is 0 Å². The molecule has 196 valence electrons. The molecule has 8 heteroatoms. The number of aliphatic hydroxyl groups is 1. The Morgan fingerprint density at radius 2 is 1.89 bits per heavy atom. The molecule has 0 radical (unpaired) electrons. The molecule has 1 unspecified atom stereocenters. The zero-order chi connectivity index (χ0) is 25.2. The Labute approximate surface area is 212 Å². The predicted molar refractivity (Wildman–Crippen MR) is 135 cm³/mol. The standard InChI is InChI=1S/C28H37FN2O5/c29-24-9-11-25(12-10-24)36-22-28(33)20-30(15-17-34-21-28)19-23-6-4-7-26(18-23)35-16-5-14-31-13-3-1-2-8-27(31)32/h4,6-7,9-12,18,33H,1-3,5,8,13-17,19-22H2. The maximum absolute atomic E-state index is 13.1. The summed E-state index contributed by atoms with van der Waals surface area (Å²) in [5, 5.41) is 11.1. The summed E-state index contributed by atoms with van der Waals surface area (Å²) >= 11 is 0. The van der Waals surface area contributed by atoms with Crippen molar-refractivity contribution < 1.29 is 28.5 Å². The molecule has 0 aliphatic carbocycles. The Hall–Kier alpha value is -2.68. The van der Waals surface area contributed by atoms with Crippen molar-refractivity contribution >= 4 is 5.91 Å². The first-order valence-electron chi connectivity index (χ1n) is 12.9. The first kappa shape index (κ1) is 26.4. The predicted octanol–water partition coefficient (Wildman–Crippen LogP) is 3.64. The van der Waals surface area contributed by atoms with Crippen LogP contribution < -0.4 is 9.47 Å². The van der Waals surface area contributed by atoms with Gasteiger partial charge < -0.3 is 24.2 Å². The van der Waals surface area contributed by atoms with Gasteiger partial charge in [-0.25, -0.2) is 4.39 Å². The highest BCUT2D eigenvalue weighted by Gasteiger charge is 2.33. The van der Waals surface area contributed by atoms with Gasteiger partial charge in [0.2, 0.25) is 5.91 Å². The largest absolute Gasteiger partial charge is 0.494 e. The minimum Gasteiger partial charge on any atom is -0.494 e. The molecule has 0 aromatic heterocycles. The van der Waals surface area contributed by atoms with E-state index in [1.807, 2.05) is 29.2 Å². The average molecular weight is 501 g/mol. The van der Waals surface area contributed by atoms with E-state index in [9.17, 15) is 14.3 Å². The number of ether oxygens (including phenoxy) is 3. The number of rotatable bonds is 10. The molecular weight excluding hydrogens is 463 g/mol. The molecule has 36 heavy (non-hydrogen) atoms. The second-order valence-electron chi connectivity index (χ2n) is 9.77. The van der Waals surface area contributed by atoms with Gasteiger partial charge in [0.15, 0.2) is 0 Å². The number of hydrogen-bond acceptors (Lipinski definition) is 6. The molecule has 1 N–H and O–H groups in total. The Balaban J connectivity index is 1.25. The fourth-order valence-corrected chi connectivity index (χ4v) is 4.68. The van der Waals surface area contributed by atoms with Crippen LogP contribution in [0.4, 0.5) is 4.39 Å². The molecule has 2 aromatic carbocycles. The molecule has 2 aromatic rings. The summed E-state index contributed by atoms with van der Waals surface area (Å²) in [6.07, 6.45) is 4.69. The van der Waals surface area contributed by atoms with E-state index in [1.54, 1.807) is 12.1 Å². The zero-order valence-electron chi connectivity index (χ0n) is 20.9. The molecule has 2 heterocycles. The number of nitrogens with zero attached hydrogens (tertiary/aromatic N) is 2. The van der Waals surface area contributed by atoms with Gasteiger partial charge >= 0.3 is 0 Å². The van der Waals surface area contributed by atoms with Crippen molar-refractivity contribution in [3.8, 4) is 11.5 Å². The molecule has 1 amide bonds. The van der Waals surface area contributed by atoms with Gasteiger partial charge in [-0.05, 0) is 61.2 Å². The van der Waals surface area contributed by atoms with Gasteiger partial charge in [-0.2, -0.15) is 0 Å². The highest BCUT2D eigenvalue weighted by molar-refractivity contribution is 5.76. The number of hydrogen-bond donors (Lipinski definition) is 1. The van der Waals surface area contributed by atoms with Crippen LogP contribution in [-0.4, -0.2) is 79.0 Å². The first-order valence-corrected chi connectivity index (χ1v) is 12.9. The smallest absolute Gasteiger partial charge is 0.222 e. The number of halogens is 1. The van der Waals surface area contributed by atoms with E-state index < -0.39 is 5.60 Å². The van der Waals surface area contributed by atoms with Crippen LogP contribution in [-0.2, 0) is 16.1 Å². The van der Waals surface area contributed by atoms with Crippen LogP contribution in [0.15, 0.2) is 48.5 Å². The lowest BCUT2D eigenvalue weighted by Crippen LogP contribution is -2.48. The lowest BCUT2D eigenvalue weighted by atomic mass is 10.1. The summed E-state index contributed by atoms with van der Waals surface area (Å²) in [5.41, 5.74) is -0.0945. The van der Waals surface area contributed by atoms with Crippen LogP contribution in [0.5, 0.6) is 11.5 Å².